The lowest BCUT2D eigenvalue weighted by molar-refractivity contribution is -0.142. The maximum Gasteiger partial charge on any atom is 0.306 e. The van der Waals surface area contributed by atoms with Gasteiger partial charge in [0.15, 0.2) is 0 Å². The molecular weight excluding hydrogens is 168 g/mol. The SMILES string of the molecule is CCOC(=O)CCC#C/C=C/CO. The number of aliphatic hydroxyl groups is 1. The molecule has 0 aromatic rings. The van der Waals surface area contributed by atoms with Gasteiger partial charge in [-0.3, -0.25) is 4.79 Å². The molecule has 3 heteroatoms. The molecule has 0 aromatic heterocycles. The largest absolute Gasteiger partial charge is 0.466 e. The van der Waals surface area contributed by atoms with E-state index in [1.54, 1.807) is 13.0 Å². The normalized spacial score (nSPS) is 9.38. The Labute approximate surface area is 78.4 Å². The Kier molecular flexibility index (Phi) is 7.96. The van der Waals surface area contributed by atoms with Crippen LogP contribution in [0.5, 0.6) is 0 Å². The Morgan fingerprint density at radius 3 is 3.00 bits per heavy atom. The summed E-state index contributed by atoms with van der Waals surface area (Å²) < 4.78 is 4.70. The fraction of sp³-hybridized carbons (Fsp3) is 0.500. The van der Waals surface area contributed by atoms with Crippen molar-refractivity contribution in [1.29, 1.82) is 0 Å². The lowest BCUT2D eigenvalue weighted by Crippen LogP contribution is -2.02. The number of rotatable bonds is 4. The van der Waals surface area contributed by atoms with Crippen LogP contribution in [0, 0.1) is 11.8 Å². The second-order valence-corrected chi connectivity index (χ2v) is 2.21. The molecule has 0 aromatic carbocycles. The van der Waals surface area contributed by atoms with E-state index in [9.17, 15) is 4.79 Å². The highest BCUT2D eigenvalue weighted by Gasteiger charge is 1.97. The second kappa shape index (κ2) is 8.82. The van der Waals surface area contributed by atoms with Gasteiger partial charge in [-0.15, -0.1) is 0 Å². The van der Waals surface area contributed by atoms with Gasteiger partial charge in [-0.25, -0.2) is 0 Å². The molecule has 72 valence electrons. The molecule has 0 saturated heterocycles. The lowest BCUT2D eigenvalue weighted by atomic mass is 10.3. The first-order valence-electron chi connectivity index (χ1n) is 4.21. The van der Waals surface area contributed by atoms with Gasteiger partial charge in [0.05, 0.1) is 19.6 Å². The second-order valence-electron chi connectivity index (χ2n) is 2.21. The molecule has 0 atom stereocenters. The third kappa shape index (κ3) is 8.64. The standard InChI is InChI=1S/C10H14O3/c1-2-13-10(12)8-6-4-3-5-7-9-11/h5,7,11H,2,6,8-9H2,1H3/b7-5+. The van der Waals surface area contributed by atoms with Crippen molar-refractivity contribution in [1.82, 2.24) is 0 Å². The zero-order chi connectivity index (χ0) is 9.94. The fourth-order valence-corrected chi connectivity index (χ4v) is 0.640. The first-order chi connectivity index (χ1) is 6.31. The highest BCUT2D eigenvalue weighted by atomic mass is 16.5. The number of aliphatic hydroxyl groups excluding tert-OH is 1. The topological polar surface area (TPSA) is 46.5 Å². The molecule has 0 aliphatic heterocycles. The van der Waals surface area contributed by atoms with E-state index in [-0.39, 0.29) is 12.6 Å². The highest BCUT2D eigenvalue weighted by Crippen LogP contribution is 1.90. The first-order valence-corrected chi connectivity index (χ1v) is 4.21. The molecular formula is C10H14O3. The fourth-order valence-electron chi connectivity index (χ4n) is 0.640. The zero-order valence-electron chi connectivity index (χ0n) is 7.75. The molecule has 0 aliphatic carbocycles. The molecule has 0 unspecified atom stereocenters. The van der Waals surface area contributed by atoms with Crippen molar-refractivity contribution in [2.45, 2.75) is 19.8 Å². The molecule has 0 saturated carbocycles. The minimum atomic E-state index is -0.220. The summed E-state index contributed by atoms with van der Waals surface area (Å²) in [5, 5.41) is 8.35. The quantitative estimate of drug-likeness (QED) is 0.518. The van der Waals surface area contributed by atoms with Crippen LogP contribution in [0.2, 0.25) is 0 Å². The summed E-state index contributed by atoms with van der Waals surface area (Å²) >= 11 is 0. The van der Waals surface area contributed by atoms with Gasteiger partial charge in [0.25, 0.3) is 0 Å². The Bertz CT molecular complexity index is 220. The molecule has 0 rings (SSSR count). The monoisotopic (exact) mass is 182 g/mol. The molecule has 0 bridgehead atoms. The average molecular weight is 182 g/mol. The predicted octanol–water partition coefficient (Wildman–Crippen LogP) is 0.882. The predicted molar refractivity (Wildman–Crippen MR) is 49.9 cm³/mol. The zero-order valence-corrected chi connectivity index (χ0v) is 7.75. The lowest BCUT2D eigenvalue weighted by Gasteiger charge is -1.96. The van der Waals surface area contributed by atoms with Crippen LogP contribution in [0.3, 0.4) is 0 Å². The van der Waals surface area contributed by atoms with Gasteiger partial charge in [0.1, 0.15) is 0 Å². The van der Waals surface area contributed by atoms with Crippen molar-refractivity contribution in [3.8, 4) is 11.8 Å². The van der Waals surface area contributed by atoms with E-state index >= 15 is 0 Å². The van der Waals surface area contributed by atoms with Crippen LogP contribution in [-0.4, -0.2) is 24.3 Å². The number of esters is 1. The summed E-state index contributed by atoms with van der Waals surface area (Å²) in [5.74, 6) is 5.23. The molecule has 13 heavy (non-hydrogen) atoms. The third-order valence-corrected chi connectivity index (χ3v) is 1.17. The van der Waals surface area contributed by atoms with Crippen LogP contribution in [-0.2, 0) is 9.53 Å². The maximum absolute atomic E-state index is 10.8. The number of carbonyl (C=O) groups is 1. The summed E-state index contributed by atoms with van der Waals surface area (Å²) in [7, 11) is 0. The van der Waals surface area contributed by atoms with Gasteiger partial charge in [-0.05, 0) is 13.0 Å². The van der Waals surface area contributed by atoms with Gasteiger partial charge in [0.2, 0.25) is 0 Å². The Balaban J connectivity index is 3.47. The van der Waals surface area contributed by atoms with Crippen molar-refractivity contribution in [3.05, 3.63) is 12.2 Å². The summed E-state index contributed by atoms with van der Waals surface area (Å²) in [4.78, 5) is 10.8. The third-order valence-electron chi connectivity index (χ3n) is 1.17. The molecule has 0 amide bonds. The van der Waals surface area contributed by atoms with E-state index in [4.69, 9.17) is 9.84 Å². The Morgan fingerprint density at radius 2 is 2.38 bits per heavy atom. The Hall–Kier alpha value is -1.27. The van der Waals surface area contributed by atoms with Crippen LogP contribution in [0.25, 0.3) is 0 Å². The van der Waals surface area contributed by atoms with Crippen molar-refractivity contribution in [2.24, 2.45) is 0 Å². The summed E-state index contributed by atoms with van der Waals surface area (Å²) in [6.07, 6.45) is 3.92. The molecule has 0 fully saturated rings. The van der Waals surface area contributed by atoms with Crippen LogP contribution in [0.1, 0.15) is 19.8 Å². The van der Waals surface area contributed by atoms with Crippen LogP contribution in [0.4, 0.5) is 0 Å². The summed E-state index contributed by atoms with van der Waals surface area (Å²) in [6.45, 7) is 2.18. The maximum atomic E-state index is 10.8. The van der Waals surface area contributed by atoms with Crippen LogP contribution >= 0.6 is 0 Å². The number of carbonyl (C=O) groups excluding carboxylic acids is 1. The van der Waals surface area contributed by atoms with E-state index in [1.165, 1.54) is 6.08 Å². The van der Waals surface area contributed by atoms with Gasteiger partial charge in [-0.1, -0.05) is 17.9 Å². The van der Waals surface area contributed by atoms with Gasteiger partial charge in [0, 0.05) is 6.42 Å². The first kappa shape index (κ1) is 11.7. The molecule has 1 N–H and O–H groups in total. The molecule has 0 spiro atoms. The minimum Gasteiger partial charge on any atom is -0.466 e. The molecule has 0 heterocycles. The highest BCUT2D eigenvalue weighted by molar-refractivity contribution is 5.69. The van der Waals surface area contributed by atoms with E-state index in [0.717, 1.165) is 0 Å². The van der Waals surface area contributed by atoms with E-state index in [0.29, 0.717) is 19.4 Å². The molecule has 0 radical (unpaired) electrons. The summed E-state index contributed by atoms with van der Waals surface area (Å²) in [6, 6.07) is 0. The number of ether oxygens (including phenoxy) is 1. The average Bonchev–Trinajstić information content (AvgIpc) is 2.11. The van der Waals surface area contributed by atoms with E-state index in [2.05, 4.69) is 11.8 Å². The smallest absolute Gasteiger partial charge is 0.306 e. The van der Waals surface area contributed by atoms with Crippen LogP contribution in [0.15, 0.2) is 12.2 Å². The van der Waals surface area contributed by atoms with Crippen molar-refractivity contribution >= 4 is 5.97 Å². The number of allylic oxidation sites excluding steroid dienone is 1. The van der Waals surface area contributed by atoms with E-state index < -0.39 is 0 Å². The van der Waals surface area contributed by atoms with Crippen molar-refractivity contribution in [3.63, 3.8) is 0 Å². The van der Waals surface area contributed by atoms with Crippen LogP contribution < -0.4 is 0 Å². The molecule has 3 nitrogen and oxygen atoms in total. The van der Waals surface area contributed by atoms with Crippen molar-refractivity contribution in [2.75, 3.05) is 13.2 Å². The number of hydrogen-bond donors (Lipinski definition) is 1. The van der Waals surface area contributed by atoms with Gasteiger partial charge in [-0.2, -0.15) is 0 Å². The van der Waals surface area contributed by atoms with E-state index in [1.807, 2.05) is 0 Å². The van der Waals surface area contributed by atoms with Gasteiger partial charge >= 0.3 is 5.97 Å². The molecule has 0 aliphatic rings. The summed E-state index contributed by atoms with van der Waals surface area (Å²) in [5.41, 5.74) is 0. The van der Waals surface area contributed by atoms with Crippen molar-refractivity contribution < 1.29 is 14.6 Å². The van der Waals surface area contributed by atoms with Gasteiger partial charge < -0.3 is 9.84 Å². The number of hydrogen-bond acceptors (Lipinski definition) is 3. The Morgan fingerprint density at radius 1 is 1.62 bits per heavy atom. The minimum absolute atomic E-state index is 0.00738.